The Morgan fingerprint density at radius 3 is 1.00 bits per heavy atom. The van der Waals surface area contributed by atoms with Gasteiger partial charge >= 0.3 is 0 Å². The van der Waals surface area contributed by atoms with Gasteiger partial charge in [0.15, 0.2) is 0 Å². The van der Waals surface area contributed by atoms with Crippen molar-refractivity contribution in [3.05, 3.63) is 82.9 Å². The summed E-state index contributed by atoms with van der Waals surface area (Å²) in [7, 11) is 0. The predicted octanol–water partition coefficient (Wildman–Crippen LogP) is 2.78. The molecule has 0 fully saturated rings. The van der Waals surface area contributed by atoms with Gasteiger partial charge in [-0.3, -0.25) is 29.0 Å². The zero-order valence-electron chi connectivity index (χ0n) is 38.1. The Morgan fingerprint density at radius 1 is 0.358 bits per heavy atom. The highest BCUT2D eigenvalue weighted by atomic mass is 16.6. The third-order valence-corrected chi connectivity index (χ3v) is 10.8. The maximum absolute atomic E-state index is 13.5. The SMILES string of the molecule is NCCOCCOCCOCCNc1ccc2c3c(cccc13)C(=O)N(CCOCCOCCOCCN1C(=O)c3cccc4c(NCCOCCOCCOCCN)ccc(c34)C1=O)C2=O. The number of imide groups is 2. The van der Waals surface area contributed by atoms with Gasteiger partial charge in [-0.25, -0.2) is 0 Å². The number of rotatable bonds is 36. The molecule has 2 aliphatic rings. The van der Waals surface area contributed by atoms with Crippen molar-refractivity contribution >= 4 is 56.5 Å². The zero-order chi connectivity index (χ0) is 47.1. The van der Waals surface area contributed by atoms with Crippen molar-refractivity contribution in [3.63, 3.8) is 0 Å². The summed E-state index contributed by atoms with van der Waals surface area (Å²) in [5, 5.41) is 9.53. The number of carbonyl (C=O) groups excluding carboxylic acids is 4. The molecule has 19 heteroatoms. The molecule has 2 aliphatic heterocycles. The van der Waals surface area contributed by atoms with E-state index in [1.807, 2.05) is 36.4 Å². The van der Waals surface area contributed by atoms with Crippen LogP contribution >= 0.6 is 0 Å². The number of carbonyl (C=O) groups is 4. The standard InChI is InChI=1S/C48H64N6O13/c49-11-17-59-23-29-65-31-25-61-19-13-51-41-9-7-39-43-35(41)3-1-5-37(43)45(55)53(47(39)57)15-21-63-27-33-67-34-28-64-22-16-54-46(56)38-6-2-4-36-42(10-8-40(44(36)38)48(54)58)52-14-20-62-26-32-66-30-24-60-18-12-50/h1-10,51-52H,11-34,49-50H2. The topological polar surface area (TPSA) is 234 Å². The second-order valence-electron chi connectivity index (χ2n) is 15.2. The van der Waals surface area contributed by atoms with Gasteiger partial charge in [-0.15, -0.1) is 0 Å². The highest BCUT2D eigenvalue weighted by molar-refractivity contribution is 6.27. The van der Waals surface area contributed by atoms with E-state index in [0.29, 0.717) is 138 Å². The third-order valence-electron chi connectivity index (χ3n) is 10.8. The van der Waals surface area contributed by atoms with Crippen molar-refractivity contribution in [2.45, 2.75) is 0 Å². The van der Waals surface area contributed by atoms with Gasteiger partial charge in [0.25, 0.3) is 23.6 Å². The highest BCUT2D eigenvalue weighted by Crippen LogP contribution is 2.36. The van der Waals surface area contributed by atoms with Crippen LogP contribution in [-0.2, 0) is 42.6 Å². The van der Waals surface area contributed by atoms with E-state index in [1.54, 1.807) is 24.3 Å². The Labute approximate surface area is 390 Å². The molecule has 0 saturated carbocycles. The number of nitrogens with one attached hydrogen (secondary N) is 2. The number of ether oxygens (including phenoxy) is 9. The summed E-state index contributed by atoms with van der Waals surface area (Å²) in [6.07, 6.45) is 0. The smallest absolute Gasteiger partial charge is 0.261 e. The first-order valence-corrected chi connectivity index (χ1v) is 22.9. The highest BCUT2D eigenvalue weighted by Gasteiger charge is 2.34. The van der Waals surface area contributed by atoms with Crippen LogP contribution in [0, 0.1) is 0 Å². The number of nitrogens with two attached hydrogens (primary N) is 2. The summed E-state index contributed by atoms with van der Waals surface area (Å²) < 4.78 is 49.9. The number of amides is 4. The maximum Gasteiger partial charge on any atom is 0.261 e. The first-order chi connectivity index (χ1) is 33.0. The van der Waals surface area contributed by atoms with Gasteiger partial charge in [0.1, 0.15) is 0 Å². The van der Waals surface area contributed by atoms with Crippen LogP contribution in [0.3, 0.4) is 0 Å². The summed E-state index contributed by atoms with van der Waals surface area (Å²) >= 11 is 0. The first-order valence-electron chi connectivity index (χ1n) is 22.9. The largest absolute Gasteiger partial charge is 0.382 e. The third kappa shape index (κ3) is 14.4. The lowest BCUT2D eigenvalue weighted by molar-refractivity contribution is 0.00785. The minimum absolute atomic E-state index is 0.0870. The Morgan fingerprint density at radius 2 is 0.657 bits per heavy atom. The first kappa shape index (κ1) is 51.2. The molecule has 4 aromatic rings. The molecular formula is C48H64N6O13. The van der Waals surface area contributed by atoms with Crippen LogP contribution in [0.25, 0.3) is 21.5 Å². The summed E-state index contributed by atoms with van der Waals surface area (Å²) in [6, 6.07) is 18.1. The van der Waals surface area contributed by atoms with E-state index in [-0.39, 0.29) is 76.4 Å². The van der Waals surface area contributed by atoms with Crippen LogP contribution < -0.4 is 22.1 Å². The fourth-order valence-electron chi connectivity index (χ4n) is 7.63. The van der Waals surface area contributed by atoms with Crippen LogP contribution in [0.2, 0.25) is 0 Å². The number of hydrogen-bond donors (Lipinski definition) is 4. The Kier molecular flexibility index (Phi) is 21.6. The Hall–Kier alpha value is -5.16. The van der Waals surface area contributed by atoms with Crippen molar-refractivity contribution < 1.29 is 61.8 Å². The summed E-state index contributed by atoms with van der Waals surface area (Å²) in [6.45, 7) is 9.20. The predicted molar refractivity (Wildman–Crippen MR) is 251 cm³/mol. The van der Waals surface area contributed by atoms with Gasteiger partial charge in [0.2, 0.25) is 0 Å². The number of benzene rings is 4. The molecule has 2 heterocycles. The minimum Gasteiger partial charge on any atom is -0.382 e. The van der Waals surface area contributed by atoms with E-state index in [2.05, 4.69) is 10.6 Å². The van der Waals surface area contributed by atoms with Crippen LogP contribution in [0.5, 0.6) is 0 Å². The molecule has 0 radical (unpaired) electrons. The lowest BCUT2D eigenvalue weighted by Gasteiger charge is -2.28. The number of hydrogen-bond acceptors (Lipinski definition) is 17. The van der Waals surface area contributed by atoms with Gasteiger partial charge in [0, 0.05) is 81.4 Å². The van der Waals surface area contributed by atoms with Gasteiger partial charge in [-0.05, 0) is 36.4 Å². The Balaban J connectivity index is 0.832. The Bertz CT molecular complexity index is 2030. The molecule has 6 N–H and O–H groups in total. The van der Waals surface area contributed by atoms with E-state index in [4.69, 9.17) is 54.1 Å². The van der Waals surface area contributed by atoms with Crippen molar-refractivity contribution in [2.24, 2.45) is 11.5 Å². The fraction of sp³-hybridized carbons (Fsp3) is 0.500. The summed E-state index contributed by atoms with van der Waals surface area (Å²) in [4.78, 5) is 56.5. The lowest BCUT2D eigenvalue weighted by atomic mass is 9.93. The fourth-order valence-corrected chi connectivity index (χ4v) is 7.63. The van der Waals surface area contributed by atoms with Gasteiger partial charge in [-0.1, -0.05) is 24.3 Å². The number of anilines is 2. The molecule has 0 atom stereocenters. The number of nitrogens with zero attached hydrogens (tertiary/aromatic N) is 2. The van der Waals surface area contributed by atoms with Gasteiger partial charge in [-0.2, -0.15) is 0 Å². The van der Waals surface area contributed by atoms with Crippen molar-refractivity contribution in [2.75, 3.05) is 169 Å². The molecular weight excluding hydrogens is 869 g/mol. The molecule has 0 aromatic heterocycles. The molecule has 6 rings (SSSR count). The minimum atomic E-state index is -0.372. The molecule has 0 aliphatic carbocycles. The molecule has 0 bridgehead atoms. The monoisotopic (exact) mass is 932 g/mol. The van der Waals surface area contributed by atoms with E-state index in [0.717, 1.165) is 22.1 Å². The lowest BCUT2D eigenvalue weighted by Crippen LogP contribution is -2.42. The molecule has 67 heavy (non-hydrogen) atoms. The molecule has 19 nitrogen and oxygen atoms in total. The van der Waals surface area contributed by atoms with Gasteiger partial charge in [0.05, 0.1) is 132 Å². The van der Waals surface area contributed by atoms with Crippen LogP contribution in [-0.4, -0.2) is 192 Å². The average molecular weight is 933 g/mol. The van der Waals surface area contributed by atoms with E-state index < -0.39 is 0 Å². The molecule has 364 valence electrons. The van der Waals surface area contributed by atoms with E-state index >= 15 is 0 Å². The van der Waals surface area contributed by atoms with E-state index in [9.17, 15) is 19.2 Å². The van der Waals surface area contributed by atoms with Crippen LogP contribution in [0.1, 0.15) is 41.4 Å². The normalized spacial score (nSPS) is 13.5. The van der Waals surface area contributed by atoms with Crippen LogP contribution in [0.15, 0.2) is 60.7 Å². The zero-order valence-corrected chi connectivity index (χ0v) is 38.1. The van der Waals surface area contributed by atoms with Gasteiger partial charge < -0.3 is 64.7 Å². The second-order valence-corrected chi connectivity index (χ2v) is 15.2. The van der Waals surface area contributed by atoms with Crippen molar-refractivity contribution in [1.29, 1.82) is 0 Å². The maximum atomic E-state index is 13.5. The van der Waals surface area contributed by atoms with Crippen LogP contribution in [0.4, 0.5) is 11.4 Å². The quantitative estimate of drug-likeness (QED) is 0.0379. The second kappa shape index (κ2) is 28.2. The van der Waals surface area contributed by atoms with Crippen molar-refractivity contribution in [3.8, 4) is 0 Å². The molecule has 0 unspecified atom stereocenters. The molecule has 0 saturated heterocycles. The van der Waals surface area contributed by atoms with Crippen molar-refractivity contribution in [1.82, 2.24) is 9.80 Å². The van der Waals surface area contributed by atoms with E-state index in [1.165, 1.54) is 9.80 Å². The average Bonchev–Trinajstić information content (AvgIpc) is 3.34. The summed E-state index contributed by atoms with van der Waals surface area (Å²) in [5.41, 5.74) is 14.2. The molecule has 0 spiro atoms. The molecule has 4 aromatic carbocycles. The summed E-state index contributed by atoms with van der Waals surface area (Å²) in [5.74, 6) is -1.49. The molecule has 4 amide bonds.